The zero-order valence-electron chi connectivity index (χ0n) is 40.0. The van der Waals surface area contributed by atoms with Crippen molar-refractivity contribution in [1.29, 1.82) is 0 Å². The fourth-order valence-electron chi connectivity index (χ4n) is 10.4. The standard InChI is InChI=1S/C26H33FO5.C26H33IO5/c1-16(2)6-10-21-25(4,32-21)24-23(29-5)20(12-13-26(24)15-30-26)31-22(28)11-9-18-8-7-17(3)19(27)14-18;1-16(2)6-8-21-25(4,32-21)24-23(29-5)20(10-11-26(24)15-30-26)31-22(28)9-7-18-12-17(3)13-19(27)14-18/h6-9,11,14,20-21,23-24H,10,12-13,15H2,1-5H3;6-7,9,12-14,20-21,23-24H,8,10-11,15H2,1-5H3/b11-9+;9-7+/t2*20-,21-,23-,24-,25+,26+/m11/s1/i7D;. The van der Waals surface area contributed by atoms with Crippen molar-refractivity contribution in [2.45, 2.75) is 153 Å². The molecule has 12 heteroatoms. The third-order valence-corrected chi connectivity index (χ3v) is 14.6. The molecule has 10 nitrogen and oxygen atoms in total. The second-order valence-electron chi connectivity index (χ2n) is 19.3. The number of methoxy groups -OCH3 is 2. The van der Waals surface area contributed by atoms with E-state index in [-0.39, 0.29) is 76.7 Å². The number of hydrogen-bond donors (Lipinski definition) is 0. The van der Waals surface area contributed by atoms with E-state index >= 15 is 0 Å². The second-order valence-corrected chi connectivity index (χ2v) is 20.6. The number of allylic oxidation sites excluding steroid dienone is 2. The highest BCUT2D eigenvalue weighted by atomic mass is 127. The molecule has 2 spiro atoms. The van der Waals surface area contributed by atoms with Crippen molar-refractivity contribution in [2.24, 2.45) is 11.8 Å². The molecule has 6 aliphatic rings. The predicted octanol–water partition coefficient (Wildman–Crippen LogP) is 10.00. The molecule has 6 fully saturated rings. The highest BCUT2D eigenvalue weighted by Gasteiger charge is 2.73. The topological polar surface area (TPSA) is 121 Å². The lowest BCUT2D eigenvalue weighted by Gasteiger charge is -2.42. The summed E-state index contributed by atoms with van der Waals surface area (Å²) < 4.78 is 70.7. The molecule has 0 radical (unpaired) electrons. The van der Waals surface area contributed by atoms with Gasteiger partial charge in [-0.2, -0.15) is 0 Å². The number of carbonyl (C=O) groups is 2. The summed E-state index contributed by atoms with van der Waals surface area (Å²) in [6, 6.07) is 9.10. The van der Waals surface area contributed by atoms with Crippen LogP contribution in [-0.4, -0.2) is 98.4 Å². The molecule has 0 bridgehead atoms. The molecule has 0 unspecified atom stereocenters. The molecule has 4 saturated heterocycles. The van der Waals surface area contributed by atoms with Crippen molar-refractivity contribution in [1.82, 2.24) is 0 Å². The highest BCUT2D eigenvalue weighted by molar-refractivity contribution is 14.1. The van der Waals surface area contributed by atoms with E-state index < -0.39 is 23.5 Å². The van der Waals surface area contributed by atoms with E-state index in [0.717, 1.165) is 53.4 Å². The largest absolute Gasteiger partial charge is 0.456 e. The molecule has 2 aromatic rings. The van der Waals surface area contributed by atoms with Gasteiger partial charge in [-0.1, -0.05) is 41.5 Å². The lowest BCUT2D eigenvalue weighted by molar-refractivity contribution is -0.167. The van der Waals surface area contributed by atoms with Crippen molar-refractivity contribution < 1.29 is 53.2 Å². The molecule has 64 heavy (non-hydrogen) atoms. The van der Waals surface area contributed by atoms with Gasteiger partial charge >= 0.3 is 11.9 Å². The van der Waals surface area contributed by atoms with E-state index in [1.165, 1.54) is 41.5 Å². The van der Waals surface area contributed by atoms with E-state index in [1.54, 1.807) is 21.1 Å². The van der Waals surface area contributed by atoms with Crippen LogP contribution in [0.3, 0.4) is 0 Å². The summed E-state index contributed by atoms with van der Waals surface area (Å²) in [6.07, 6.45) is 14.0. The lowest BCUT2D eigenvalue weighted by atomic mass is 9.68. The number of hydrogen-bond acceptors (Lipinski definition) is 10. The first-order chi connectivity index (χ1) is 30.8. The molecule has 4 heterocycles. The van der Waals surface area contributed by atoms with E-state index in [9.17, 15) is 14.0 Å². The summed E-state index contributed by atoms with van der Waals surface area (Å²) in [4.78, 5) is 25.3. The smallest absolute Gasteiger partial charge is 0.331 e. The van der Waals surface area contributed by atoms with Crippen LogP contribution in [-0.2, 0) is 47.5 Å². The maximum Gasteiger partial charge on any atom is 0.331 e. The minimum Gasteiger partial charge on any atom is -0.456 e. The average molecular weight is 998 g/mol. The summed E-state index contributed by atoms with van der Waals surface area (Å²) in [5.74, 6) is -1.35. The summed E-state index contributed by atoms with van der Waals surface area (Å²) in [5, 5.41) is 0. The van der Waals surface area contributed by atoms with Crippen LogP contribution >= 0.6 is 22.6 Å². The number of halogens is 2. The Morgan fingerprint density at radius 1 is 0.781 bits per heavy atom. The van der Waals surface area contributed by atoms with Gasteiger partial charge in [0, 0.05) is 29.9 Å². The Balaban J connectivity index is 0.000000194. The van der Waals surface area contributed by atoms with Gasteiger partial charge in [-0.05, 0) is 169 Å². The van der Waals surface area contributed by atoms with Gasteiger partial charge in [-0.25, -0.2) is 14.0 Å². The normalized spacial score (nSPS) is 35.9. The Morgan fingerprint density at radius 2 is 1.25 bits per heavy atom. The summed E-state index contributed by atoms with van der Waals surface area (Å²) in [6.45, 7) is 17.6. The van der Waals surface area contributed by atoms with Gasteiger partial charge in [0.1, 0.15) is 52.6 Å². The summed E-state index contributed by atoms with van der Waals surface area (Å²) >= 11 is 2.28. The first-order valence-corrected chi connectivity index (χ1v) is 23.6. The van der Waals surface area contributed by atoms with Gasteiger partial charge in [0.15, 0.2) is 0 Å². The Morgan fingerprint density at radius 3 is 1.66 bits per heavy atom. The number of epoxide rings is 4. The molecule has 348 valence electrons. The van der Waals surface area contributed by atoms with Gasteiger partial charge in [0.25, 0.3) is 0 Å². The molecule has 0 N–H and O–H groups in total. The van der Waals surface area contributed by atoms with Crippen LogP contribution < -0.4 is 0 Å². The van der Waals surface area contributed by atoms with Gasteiger partial charge < -0.3 is 37.9 Å². The number of carbonyl (C=O) groups excluding carboxylic acids is 2. The fourth-order valence-corrected chi connectivity index (χ4v) is 11.2. The first kappa shape index (κ1) is 47.3. The molecular formula is C52H66FIO10. The number of rotatable bonds is 14. The Kier molecular flexibility index (Phi) is 14.4. The molecule has 2 saturated carbocycles. The van der Waals surface area contributed by atoms with Crippen LogP contribution in [0.2, 0.25) is 0 Å². The molecule has 4 aliphatic heterocycles. The van der Waals surface area contributed by atoms with Gasteiger partial charge in [-0.3, -0.25) is 0 Å². The number of ether oxygens (including phenoxy) is 8. The summed E-state index contributed by atoms with van der Waals surface area (Å²) in [7, 11) is 3.33. The monoisotopic (exact) mass is 997 g/mol. The second kappa shape index (κ2) is 19.5. The molecule has 2 aromatic carbocycles. The predicted molar refractivity (Wildman–Crippen MR) is 252 cm³/mol. The van der Waals surface area contributed by atoms with Gasteiger partial charge in [0.05, 0.1) is 38.6 Å². The van der Waals surface area contributed by atoms with Crippen molar-refractivity contribution >= 4 is 46.7 Å². The molecular weight excluding hydrogens is 930 g/mol. The van der Waals surface area contributed by atoms with Crippen molar-refractivity contribution in [3.8, 4) is 0 Å². The zero-order valence-corrected chi connectivity index (χ0v) is 41.1. The molecule has 0 aromatic heterocycles. The van der Waals surface area contributed by atoms with Crippen LogP contribution in [0, 0.1) is 35.1 Å². The highest BCUT2D eigenvalue weighted by Crippen LogP contribution is 2.61. The lowest BCUT2D eigenvalue weighted by Crippen LogP contribution is -2.55. The van der Waals surface area contributed by atoms with Crippen LogP contribution in [0.5, 0.6) is 0 Å². The molecule has 0 amide bonds. The molecule has 2 aliphatic carbocycles. The number of benzene rings is 2. The SMILES string of the molecule is CO[C@@H]1[C@H](OC(=O)/C=C/c2cc(C)cc(I)c2)CC[C@]2(CO2)[C@H]1[C@@]1(C)O[C@@H]1CC=C(C)C.[2H]c1cc(/C=C/C(=O)O[C@@H]2CC[C@]3(CO3)[C@@H]([C@@]3(C)O[C@@H]3CC=C(C)C)[C@@H]2OC)cc(F)c1C. The van der Waals surface area contributed by atoms with Crippen molar-refractivity contribution in [3.63, 3.8) is 0 Å². The van der Waals surface area contributed by atoms with E-state index in [0.29, 0.717) is 18.6 Å². The Hall–Kier alpha value is -3.24. The minimum atomic E-state index is -0.524. The van der Waals surface area contributed by atoms with Gasteiger partial charge in [-0.15, -0.1) is 0 Å². The molecule has 12 atom stereocenters. The maximum absolute atomic E-state index is 13.9. The third-order valence-electron chi connectivity index (χ3n) is 14.0. The fraction of sp³-hybridized carbons (Fsp3) is 0.577. The maximum atomic E-state index is 13.9. The third kappa shape index (κ3) is 11.0. The van der Waals surface area contributed by atoms with Crippen LogP contribution in [0.1, 0.15) is 104 Å². The van der Waals surface area contributed by atoms with E-state index in [2.05, 4.69) is 82.4 Å². The van der Waals surface area contributed by atoms with Crippen LogP contribution in [0.25, 0.3) is 12.2 Å². The molecule has 8 rings (SSSR count). The average Bonchev–Trinajstić information content (AvgIpc) is 4.13. The van der Waals surface area contributed by atoms with Crippen LogP contribution in [0.4, 0.5) is 4.39 Å². The van der Waals surface area contributed by atoms with Gasteiger partial charge in [0.2, 0.25) is 0 Å². The number of aryl methyl sites for hydroxylation is 1. The quantitative estimate of drug-likeness (QED) is 0.0595. The Labute approximate surface area is 393 Å². The van der Waals surface area contributed by atoms with E-state index in [1.807, 2.05) is 25.1 Å². The van der Waals surface area contributed by atoms with Crippen LogP contribution in [0.15, 0.2) is 71.8 Å². The Bertz CT molecular complexity index is 2180. The summed E-state index contributed by atoms with van der Waals surface area (Å²) in [5.41, 5.74) is 4.19. The van der Waals surface area contributed by atoms with Crippen molar-refractivity contribution in [3.05, 3.63) is 103 Å². The minimum absolute atomic E-state index is 0.0319. The first-order valence-electron chi connectivity index (χ1n) is 23.0. The van der Waals surface area contributed by atoms with E-state index in [4.69, 9.17) is 39.3 Å². The number of esters is 2. The zero-order chi connectivity index (χ0) is 47.1. The van der Waals surface area contributed by atoms with Crippen molar-refractivity contribution in [2.75, 3.05) is 27.4 Å².